The van der Waals surface area contributed by atoms with E-state index in [1.807, 2.05) is 0 Å². The largest absolute Gasteiger partial charge is 0.448 e. The topological polar surface area (TPSA) is 64.5 Å². The highest BCUT2D eigenvalue weighted by Crippen LogP contribution is 2.19. The minimum absolute atomic E-state index is 0.260. The number of ether oxygens (including phenoxy) is 2. The molecule has 1 aliphatic heterocycles. The number of aryl methyl sites for hydroxylation is 1. The van der Waals surface area contributed by atoms with Crippen molar-refractivity contribution in [1.29, 1.82) is 0 Å². The van der Waals surface area contributed by atoms with Crippen LogP contribution in [0.2, 0.25) is 0 Å². The minimum atomic E-state index is -0.322. The second kappa shape index (κ2) is 7.04. The Morgan fingerprint density at radius 1 is 1.26 bits per heavy atom. The number of hydrogen-bond donors (Lipinski definition) is 0. The van der Waals surface area contributed by atoms with Crippen molar-refractivity contribution in [3.05, 3.63) is 48.2 Å². The summed E-state index contributed by atoms with van der Waals surface area (Å²) in [6, 6.07) is 5.70. The molecule has 0 bridgehead atoms. The molecule has 2 heterocycles. The fourth-order valence-corrected chi connectivity index (χ4v) is 2.26. The van der Waals surface area contributed by atoms with Crippen molar-refractivity contribution in [2.24, 2.45) is 0 Å². The van der Waals surface area contributed by atoms with Crippen LogP contribution in [0.5, 0.6) is 11.6 Å². The molecule has 23 heavy (non-hydrogen) atoms. The summed E-state index contributed by atoms with van der Waals surface area (Å²) in [4.78, 5) is 21.5. The number of benzene rings is 1. The summed E-state index contributed by atoms with van der Waals surface area (Å²) in [5, 5.41) is 0. The molecule has 0 radical (unpaired) electrons. The maximum Gasteiger partial charge on any atom is 0.409 e. The Labute approximate surface area is 132 Å². The van der Waals surface area contributed by atoms with Gasteiger partial charge in [0.05, 0.1) is 18.4 Å². The highest BCUT2D eigenvalue weighted by atomic mass is 19.1. The van der Waals surface area contributed by atoms with E-state index in [0.29, 0.717) is 37.7 Å². The van der Waals surface area contributed by atoms with Crippen molar-refractivity contribution < 1.29 is 18.7 Å². The molecule has 1 aromatic carbocycles. The normalized spacial score (nSPS) is 14.0. The van der Waals surface area contributed by atoms with Gasteiger partial charge in [0.25, 0.3) is 0 Å². The number of rotatable bonds is 6. The first-order valence-corrected chi connectivity index (χ1v) is 7.37. The first-order chi connectivity index (χ1) is 11.2. The van der Waals surface area contributed by atoms with Crippen molar-refractivity contribution in [1.82, 2.24) is 14.9 Å². The van der Waals surface area contributed by atoms with Gasteiger partial charge in [-0.15, -0.1) is 0 Å². The lowest BCUT2D eigenvalue weighted by Crippen LogP contribution is -2.25. The van der Waals surface area contributed by atoms with Crippen molar-refractivity contribution in [3.63, 3.8) is 0 Å². The van der Waals surface area contributed by atoms with Gasteiger partial charge in [0.15, 0.2) is 0 Å². The van der Waals surface area contributed by atoms with Gasteiger partial charge in [0.2, 0.25) is 5.88 Å². The number of aromatic nitrogens is 2. The maximum atomic E-state index is 12.9. The molecule has 3 rings (SSSR count). The van der Waals surface area contributed by atoms with E-state index in [0.717, 1.165) is 12.1 Å². The molecular formula is C16H16FN3O3. The number of carbonyl (C=O) groups excluding carboxylic acids is 1. The molecule has 7 heteroatoms. The molecule has 1 fully saturated rings. The Kier molecular flexibility index (Phi) is 4.65. The lowest BCUT2D eigenvalue weighted by Gasteiger charge is -2.11. The molecule has 0 spiro atoms. The highest BCUT2D eigenvalue weighted by Gasteiger charge is 2.20. The Bertz CT molecular complexity index is 679. The van der Waals surface area contributed by atoms with Gasteiger partial charge >= 0.3 is 6.09 Å². The molecule has 1 aromatic heterocycles. The van der Waals surface area contributed by atoms with Crippen LogP contribution in [-0.4, -0.2) is 40.7 Å². The fraction of sp³-hybridized carbons (Fsp3) is 0.312. The van der Waals surface area contributed by atoms with Crippen LogP contribution in [0, 0.1) is 5.82 Å². The third-order valence-corrected chi connectivity index (χ3v) is 3.40. The molecule has 1 aliphatic rings. The van der Waals surface area contributed by atoms with E-state index in [1.54, 1.807) is 11.1 Å². The average Bonchev–Trinajstić information content (AvgIpc) is 2.95. The Hall–Kier alpha value is -2.70. The molecule has 0 aliphatic carbocycles. The van der Waals surface area contributed by atoms with Crippen LogP contribution in [0.1, 0.15) is 12.1 Å². The minimum Gasteiger partial charge on any atom is -0.448 e. The van der Waals surface area contributed by atoms with Crippen LogP contribution in [0.3, 0.4) is 0 Å². The first kappa shape index (κ1) is 15.2. The Balaban J connectivity index is 1.54. The van der Waals surface area contributed by atoms with Crippen molar-refractivity contribution >= 4 is 6.09 Å². The van der Waals surface area contributed by atoms with Gasteiger partial charge in [-0.1, -0.05) is 0 Å². The van der Waals surface area contributed by atoms with Gasteiger partial charge in [0, 0.05) is 12.7 Å². The predicted molar refractivity (Wildman–Crippen MR) is 79.7 cm³/mol. The lowest BCUT2D eigenvalue weighted by molar-refractivity contribution is 0.158. The number of halogens is 1. The molecule has 0 saturated carbocycles. The number of cyclic esters (lactones) is 1. The van der Waals surface area contributed by atoms with Gasteiger partial charge in [-0.25, -0.2) is 14.2 Å². The number of hydrogen-bond acceptors (Lipinski definition) is 5. The van der Waals surface area contributed by atoms with Gasteiger partial charge in [-0.3, -0.25) is 4.98 Å². The molecule has 0 N–H and O–H groups in total. The van der Waals surface area contributed by atoms with Crippen LogP contribution in [0.25, 0.3) is 0 Å². The summed E-state index contributed by atoms with van der Waals surface area (Å²) in [5.41, 5.74) is 0.775. The quantitative estimate of drug-likeness (QED) is 0.819. The van der Waals surface area contributed by atoms with Crippen molar-refractivity contribution in [2.75, 3.05) is 19.7 Å². The van der Waals surface area contributed by atoms with Crippen LogP contribution in [-0.2, 0) is 11.2 Å². The van der Waals surface area contributed by atoms with Crippen molar-refractivity contribution in [3.8, 4) is 11.6 Å². The Morgan fingerprint density at radius 3 is 2.83 bits per heavy atom. The molecular weight excluding hydrogens is 301 g/mol. The molecule has 0 atom stereocenters. The lowest BCUT2D eigenvalue weighted by atomic mass is 10.2. The van der Waals surface area contributed by atoms with Gasteiger partial charge < -0.3 is 14.4 Å². The SMILES string of the molecule is O=C1OCCN1CCCc1cncc(Oc2ccc(F)cc2)n1. The third-order valence-electron chi connectivity index (χ3n) is 3.40. The third kappa shape index (κ3) is 4.15. The first-order valence-electron chi connectivity index (χ1n) is 7.37. The van der Waals surface area contributed by atoms with E-state index < -0.39 is 0 Å². The zero-order valence-corrected chi connectivity index (χ0v) is 12.4. The summed E-state index contributed by atoms with van der Waals surface area (Å²) < 4.78 is 23.3. The average molecular weight is 317 g/mol. The van der Waals surface area contributed by atoms with Gasteiger partial charge in [-0.05, 0) is 37.1 Å². The summed E-state index contributed by atoms with van der Waals surface area (Å²) in [5.74, 6) is 0.532. The van der Waals surface area contributed by atoms with Gasteiger partial charge in [0.1, 0.15) is 18.2 Å². The van der Waals surface area contributed by atoms with E-state index in [9.17, 15) is 9.18 Å². The summed E-state index contributed by atoms with van der Waals surface area (Å²) in [6.07, 6.45) is 4.36. The van der Waals surface area contributed by atoms with Gasteiger partial charge in [-0.2, -0.15) is 0 Å². The van der Waals surface area contributed by atoms with E-state index in [4.69, 9.17) is 9.47 Å². The summed E-state index contributed by atoms with van der Waals surface area (Å²) >= 11 is 0. The summed E-state index contributed by atoms with van der Waals surface area (Å²) in [6.45, 7) is 1.72. The standard InChI is InChI=1S/C16H16FN3O3/c17-12-3-5-14(6-4-12)23-15-11-18-10-13(19-15)2-1-7-20-8-9-22-16(20)21/h3-6,10-11H,1-2,7-9H2. The predicted octanol–water partition coefficient (Wildman–Crippen LogP) is 2.79. The number of amides is 1. The molecule has 120 valence electrons. The van der Waals surface area contributed by atoms with E-state index >= 15 is 0 Å². The van der Waals surface area contributed by atoms with Crippen LogP contribution < -0.4 is 4.74 Å². The fourth-order valence-electron chi connectivity index (χ4n) is 2.26. The molecule has 1 amide bonds. The maximum absolute atomic E-state index is 12.9. The Morgan fingerprint density at radius 2 is 2.09 bits per heavy atom. The summed E-state index contributed by atoms with van der Waals surface area (Å²) in [7, 11) is 0. The second-order valence-corrected chi connectivity index (χ2v) is 5.11. The molecule has 1 saturated heterocycles. The number of carbonyl (C=O) groups is 1. The smallest absolute Gasteiger partial charge is 0.409 e. The van der Waals surface area contributed by atoms with Crippen LogP contribution in [0.15, 0.2) is 36.7 Å². The molecule has 0 unspecified atom stereocenters. The molecule has 2 aromatic rings. The number of nitrogens with zero attached hydrogens (tertiary/aromatic N) is 3. The zero-order valence-electron chi connectivity index (χ0n) is 12.4. The van der Waals surface area contributed by atoms with E-state index in [-0.39, 0.29) is 11.9 Å². The van der Waals surface area contributed by atoms with E-state index in [2.05, 4.69) is 9.97 Å². The second-order valence-electron chi connectivity index (χ2n) is 5.11. The monoisotopic (exact) mass is 317 g/mol. The van der Waals surface area contributed by atoms with Crippen molar-refractivity contribution in [2.45, 2.75) is 12.8 Å². The van der Waals surface area contributed by atoms with E-state index in [1.165, 1.54) is 30.5 Å². The molecule has 6 nitrogen and oxygen atoms in total. The van der Waals surface area contributed by atoms with Crippen LogP contribution >= 0.6 is 0 Å². The highest BCUT2D eigenvalue weighted by molar-refractivity contribution is 5.69. The zero-order chi connectivity index (χ0) is 16.1. The van der Waals surface area contributed by atoms with Crippen LogP contribution in [0.4, 0.5) is 9.18 Å².